The number of thiazole rings is 1. The summed E-state index contributed by atoms with van der Waals surface area (Å²) in [5.74, 6) is 0.657. The minimum absolute atomic E-state index is 0.113. The van der Waals surface area contributed by atoms with Gasteiger partial charge in [0, 0.05) is 23.7 Å². The van der Waals surface area contributed by atoms with Crippen molar-refractivity contribution in [3.8, 4) is 0 Å². The van der Waals surface area contributed by atoms with Crippen molar-refractivity contribution in [3.63, 3.8) is 0 Å². The standard InChI is InChI=1S/C21H21N5O2S/c1-3-26-12-17(19(24-21(26)27)15-8-6-14(2)7-9-15)18-13-29-20(23-18)25-22-11-16-5-4-10-28-16/h4-13,19H,3H2,1-2H3,(H,23,25)(H,24,27)/b22-11-/t19-/m1/s1. The number of hydrogen-bond donors (Lipinski definition) is 2. The molecule has 0 spiro atoms. The first-order valence-electron chi connectivity index (χ1n) is 9.28. The zero-order valence-electron chi connectivity index (χ0n) is 16.1. The Hall–Kier alpha value is -3.39. The van der Waals surface area contributed by atoms with Gasteiger partial charge in [-0.1, -0.05) is 29.8 Å². The number of carbonyl (C=O) groups excluding carboxylic acids is 1. The van der Waals surface area contributed by atoms with Gasteiger partial charge in [-0.25, -0.2) is 9.78 Å². The first kappa shape index (κ1) is 18.9. The molecule has 0 saturated heterocycles. The second-order valence-electron chi connectivity index (χ2n) is 6.59. The first-order valence-corrected chi connectivity index (χ1v) is 10.2. The number of amides is 2. The molecule has 0 bridgehead atoms. The van der Waals surface area contributed by atoms with Crippen LogP contribution in [0.5, 0.6) is 0 Å². The highest BCUT2D eigenvalue weighted by Gasteiger charge is 2.29. The Morgan fingerprint density at radius 3 is 2.90 bits per heavy atom. The molecule has 1 aliphatic heterocycles. The zero-order chi connectivity index (χ0) is 20.2. The van der Waals surface area contributed by atoms with Crippen LogP contribution in [0.25, 0.3) is 5.57 Å². The molecule has 4 rings (SSSR count). The Kier molecular flexibility index (Phi) is 5.44. The zero-order valence-corrected chi connectivity index (χ0v) is 16.9. The van der Waals surface area contributed by atoms with E-state index in [1.165, 1.54) is 16.9 Å². The maximum atomic E-state index is 12.4. The van der Waals surface area contributed by atoms with E-state index in [4.69, 9.17) is 4.42 Å². The third-order valence-electron chi connectivity index (χ3n) is 4.58. The molecule has 148 valence electrons. The van der Waals surface area contributed by atoms with Crippen LogP contribution in [0.4, 0.5) is 9.93 Å². The van der Waals surface area contributed by atoms with Crippen molar-refractivity contribution in [2.24, 2.45) is 5.10 Å². The van der Waals surface area contributed by atoms with E-state index in [-0.39, 0.29) is 12.1 Å². The second-order valence-corrected chi connectivity index (χ2v) is 7.45. The number of nitrogens with one attached hydrogen (secondary N) is 2. The number of hydrazone groups is 1. The summed E-state index contributed by atoms with van der Waals surface area (Å²) in [4.78, 5) is 18.7. The number of rotatable bonds is 6. The molecule has 1 aromatic carbocycles. The summed E-state index contributed by atoms with van der Waals surface area (Å²) in [6.07, 6.45) is 5.07. The van der Waals surface area contributed by atoms with Gasteiger partial charge in [0.1, 0.15) is 5.76 Å². The van der Waals surface area contributed by atoms with Crippen molar-refractivity contribution in [2.75, 3.05) is 12.0 Å². The summed E-state index contributed by atoms with van der Waals surface area (Å²) in [6, 6.07) is 11.4. The summed E-state index contributed by atoms with van der Waals surface area (Å²) >= 11 is 1.45. The van der Waals surface area contributed by atoms with E-state index in [0.29, 0.717) is 17.4 Å². The number of benzene rings is 1. The summed E-state index contributed by atoms with van der Waals surface area (Å²) in [7, 11) is 0. The predicted octanol–water partition coefficient (Wildman–Crippen LogP) is 4.62. The SMILES string of the molecule is CCN1C=C(c2csc(N/N=C\c3ccco3)n2)[C@@H](c2ccc(C)cc2)NC1=O. The number of nitrogens with zero attached hydrogens (tertiary/aromatic N) is 3. The van der Waals surface area contributed by atoms with Crippen LogP contribution in [0.3, 0.4) is 0 Å². The van der Waals surface area contributed by atoms with E-state index < -0.39 is 0 Å². The highest BCUT2D eigenvalue weighted by atomic mass is 32.1. The van der Waals surface area contributed by atoms with Crippen LogP contribution in [0.15, 0.2) is 63.8 Å². The lowest BCUT2D eigenvalue weighted by molar-refractivity contribution is 0.212. The number of furan rings is 1. The molecular formula is C21H21N5O2S. The monoisotopic (exact) mass is 407 g/mol. The molecule has 3 aromatic rings. The number of urea groups is 1. The third-order valence-corrected chi connectivity index (χ3v) is 5.33. The summed E-state index contributed by atoms with van der Waals surface area (Å²) in [5.41, 5.74) is 6.86. The van der Waals surface area contributed by atoms with Crippen molar-refractivity contribution < 1.29 is 9.21 Å². The van der Waals surface area contributed by atoms with Crippen molar-refractivity contribution in [3.05, 3.63) is 76.8 Å². The number of anilines is 1. The lowest BCUT2D eigenvalue weighted by atomic mass is 9.95. The van der Waals surface area contributed by atoms with Gasteiger partial charge in [-0.3, -0.25) is 5.43 Å². The maximum absolute atomic E-state index is 12.4. The molecule has 2 amide bonds. The van der Waals surface area contributed by atoms with Gasteiger partial charge in [-0.05, 0) is 31.5 Å². The molecule has 7 nitrogen and oxygen atoms in total. The highest BCUT2D eigenvalue weighted by molar-refractivity contribution is 7.13. The molecule has 1 aliphatic rings. The minimum atomic E-state index is -0.257. The Morgan fingerprint density at radius 1 is 1.34 bits per heavy atom. The van der Waals surface area contributed by atoms with Gasteiger partial charge in [0.15, 0.2) is 0 Å². The molecule has 1 atom stereocenters. The smallest absolute Gasteiger partial charge is 0.322 e. The molecule has 0 saturated carbocycles. The predicted molar refractivity (Wildman–Crippen MR) is 115 cm³/mol. The summed E-state index contributed by atoms with van der Waals surface area (Å²) in [6.45, 7) is 4.57. The molecule has 0 fully saturated rings. The lowest BCUT2D eigenvalue weighted by Gasteiger charge is -2.31. The average Bonchev–Trinajstić information content (AvgIpc) is 3.41. The minimum Gasteiger partial charge on any atom is -0.463 e. The largest absolute Gasteiger partial charge is 0.463 e. The van der Waals surface area contributed by atoms with E-state index in [1.807, 2.05) is 55.8 Å². The average molecular weight is 407 g/mol. The molecule has 2 aromatic heterocycles. The van der Waals surface area contributed by atoms with Crippen LogP contribution >= 0.6 is 11.3 Å². The molecule has 0 unspecified atom stereocenters. The Morgan fingerprint density at radius 2 is 2.17 bits per heavy atom. The van der Waals surface area contributed by atoms with Crippen LogP contribution in [0.1, 0.15) is 35.5 Å². The van der Waals surface area contributed by atoms with Crippen LogP contribution in [-0.4, -0.2) is 28.7 Å². The topological polar surface area (TPSA) is 82.8 Å². The summed E-state index contributed by atoms with van der Waals surface area (Å²) < 4.78 is 5.22. The second kappa shape index (κ2) is 8.32. The van der Waals surface area contributed by atoms with Gasteiger partial charge in [0.2, 0.25) is 5.13 Å². The molecule has 2 N–H and O–H groups in total. The fourth-order valence-corrected chi connectivity index (χ4v) is 3.70. The molecule has 0 aliphatic carbocycles. The van der Waals surface area contributed by atoms with Crippen LogP contribution in [0, 0.1) is 6.92 Å². The fraction of sp³-hybridized carbons (Fsp3) is 0.190. The number of carbonyl (C=O) groups is 1. The van der Waals surface area contributed by atoms with E-state index in [2.05, 4.69) is 20.8 Å². The van der Waals surface area contributed by atoms with E-state index in [1.54, 1.807) is 23.4 Å². The Balaban J connectivity index is 1.60. The first-order chi connectivity index (χ1) is 14.1. The van der Waals surface area contributed by atoms with E-state index in [9.17, 15) is 4.79 Å². The highest BCUT2D eigenvalue weighted by Crippen LogP contribution is 2.35. The fourth-order valence-electron chi connectivity index (χ4n) is 3.03. The van der Waals surface area contributed by atoms with E-state index >= 15 is 0 Å². The molecule has 29 heavy (non-hydrogen) atoms. The van der Waals surface area contributed by atoms with Crippen molar-refractivity contribution in [1.82, 2.24) is 15.2 Å². The molecular weight excluding hydrogens is 386 g/mol. The molecule has 3 heterocycles. The van der Waals surface area contributed by atoms with Crippen molar-refractivity contribution >= 4 is 34.3 Å². The lowest BCUT2D eigenvalue weighted by Crippen LogP contribution is -2.43. The van der Waals surface area contributed by atoms with Crippen molar-refractivity contribution in [1.29, 1.82) is 0 Å². The molecule has 0 radical (unpaired) electrons. The van der Waals surface area contributed by atoms with Gasteiger partial charge in [0.25, 0.3) is 0 Å². The van der Waals surface area contributed by atoms with Gasteiger partial charge < -0.3 is 14.6 Å². The maximum Gasteiger partial charge on any atom is 0.322 e. The quantitative estimate of drug-likeness (QED) is 0.461. The van der Waals surface area contributed by atoms with E-state index in [0.717, 1.165) is 16.8 Å². The third kappa shape index (κ3) is 4.22. The van der Waals surface area contributed by atoms with Crippen LogP contribution < -0.4 is 10.7 Å². The van der Waals surface area contributed by atoms with Crippen LogP contribution in [-0.2, 0) is 0 Å². The Labute approximate surface area is 172 Å². The van der Waals surface area contributed by atoms with Crippen molar-refractivity contribution in [2.45, 2.75) is 19.9 Å². The van der Waals surface area contributed by atoms with Gasteiger partial charge >= 0.3 is 6.03 Å². The van der Waals surface area contributed by atoms with Gasteiger partial charge in [-0.2, -0.15) is 5.10 Å². The van der Waals surface area contributed by atoms with Crippen LogP contribution in [0.2, 0.25) is 0 Å². The number of hydrogen-bond acceptors (Lipinski definition) is 6. The van der Waals surface area contributed by atoms with Gasteiger partial charge in [0.05, 0.1) is 24.2 Å². The summed E-state index contributed by atoms with van der Waals surface area (Å²) in [5, 5.41) is 9.87. The Bertz CT molecular complexity index is 1040. The normalized spacial score (nSPS) is 16.8. The number of aromatic nitrogens is 1. The van der Waals surface area contributed by atoms with Gasteiger partial charge in [-0.15, -0.1) is 11.3 Å². The number of aryl methyl sites for hydroxylation is 1. The molecule has 8 heteroatoms.